The molecule has 1 aliphatic carbocycles. The third-order valence-electron chi connectivity index (χ3n) is 9.10. The predicted octanol–water partition coefficient (Wildman–Crippen LogP) is 5.35. The quantitative estimate of drug-likeness (QED) is 0.363. The number of amides is 2. The molecule has 1 saturated carbocycles. The first kappa shape index (κ1) is 25.7. The van der Waals surface area contributed by atoms with Crippen LogP contribution in [0.25, 0.3) is 16.9 Å². The van der Waals surface area contributed by atoms with Gasteiger partial charge < -0.3 is 19.5 Å². The maximum atomic E-state index is 15.5. The van der Waals surface area contributed by atoms with E-state index in [1.165, 1.54) is 17.2 Å². The molecule has 4 aromatic rings. The highest BCUT2D eigenvalue weighted by Crippen LogP contribution is 2.43. The Hall–Kier alpha value is -4.20. The number of hydrogen-bond donors (Lipinski definition) is 1. The molecule has 1 saturated heterocycles. The maximum Gasteiger partial charge on any atom is 0.255 e. The van der Waals surface area contributed by atoms with Crippen LogP contribution in [0.4, 0.5) is 10.1 Å². The summed E-state index contributed by atoms with van der Waals surface area (Å²) in [6.45, 7) is 4.07. The number of benzene rings is 2. The lowest BCUT2D eigenvalue weighted by Gasteiger charge is -2.35. The van der Waals surface area contributed by atoms with Crippen molar-refractivity contribution in [1.29, 1.82) is 0 Å². The zero-order valence-electron chi connectivity index (χ0n) is 23.4. The second kappa shape index (κ2) is 10.0. The molecule has 4 heterocycles. The van der Waals surface area contributed by atoms with Crippen molar-refractivity contribution in [2.24, 2.45) is 5.92 Å². The number of imidazole rings is 1. The smallest absolute Gasteiger partial charge is 0.255 e. The molecule has 2 fully saturated rings. The van der Waals surface area contributed by atoms with Crippen LogP contribution in [0, 0.1) is 11.7 Å². The van der Waals surface area contributed by atoms with Gasteiger partial charge in [-0.15, -0.1) is 0 Å². The van der Waals surface area contributed by atoms with Gasteiger partial charge in [-0.05, 0) is 79.5 Å². The normalized spacial score (nSPS) is 20.4. The molecule has 2 aliphatic heterocycles. The van der Waals surface area contributed by atoms with E-state index >= 15 is 4.39 Å². The summed E-state index contributed by atoms with van der Waals surface area (Å²) in [6.07, 6.45) is 7.42. The molecule has 7 rings (SSSR count). The van der Waals surface area contributed by atoms with Gasteiger partial charge in [0.25, 0.3) is 5.91 Å². The Labute approximate surface area is 239 Å². The van der Waals surface area contributed by atoms with Crippen LogP contribution in [0.2, 0.25) is 0 Å². The molecule has 0 unspecified atom stereocenters. The number of hydrogen-bond acceptors (Lipinski definition) is 4. The summed E-state index contributed by atoms with van der Waals surface area (Å²) in [5.41, 5.74) is 6.74. The number of carbonyl (C=O) groups excluding carboxylic acids is 2. The predicted molar refractivity (Wildman–Crippen MR) is 157 cm³/mol. The minimum atomic E-state index is -0.348. The molecule has 0 spiro atoms. The van der Waals surface area contributed by atoms with Crippen molar-refractivity contribution in [1.82, 2.24) is 19.6 Å². The van der Waals surface area contributed by atoms with Crippen molar-refractivity contribution < 1.29 is 14.0 Å². The topological polar surface area (TPSA) is 70.0 Å². The summed E-state index contributed by atoms with van der Waals surface area (Å²) >= 11 is 0. The molecule has 0 bridgehead atoms. The lowest BCUT2D eigenvalue weighted by Crippen LogP contribution is -2.39. The van der Waals surface area contributed by atoms with Gasteiger partial charge in [0.2, 0.25) is 5.91 Å². The molecule has 7 nitrogen and oxygen atoms in total. The third-order valence-corrected chi connectivity index (χ3v) is 9.10. The fraction of sp³-hybridized carbons (Fsp3) is 0.364. The summed E-state index contributed by atoms with van der Waals surface area (Å²) in [5.74, 6) is -0.0166. The third kappa shape index (κ3) is 4.55. The molecular weight excluding hydrogens is 517 g/mol. The monoisotopic (exact) mass is 551 g/mol. The Morgan fingerprint density at radius 1 is 1.00 bits per heavy atom. The van der Waals surface area contributed by atoms with E-state index in [0.29, 0.717) is 42.4 Å². The van der Waals surface area contributed by atoms with Crippen molar-refractivity contribution >= 4 is 23.1 Å². The van der Waals surface area contributed by atoms with Gasteiger partial charge in [-0.2, -0.15) is 0 Å². The number of anilines is 1. The average molecular weight is 552 g/mol. The van der Waals surface area contributed by atoms with E-state index in [-0.39, 0.29) is 29.6 Å². The summed E-state index contributed by atoms with van der Waals surface area (Å²) in [4.78, 5) is 34.8. The van der Waals surface area contributed by atoms with Gasteiger partial charge in [-0.1, -0.05) is 24.3 Å². The van der Waals surface area contributed by atoms with Gasteiger partial charge in [0.1, 0.15) is 11.5 Å². The molecule has 0 radical (unpaired) electrons. The Kier molecular flexibility index (Phi) is 6.29. The highest BCUT2D eigenvalue weighted by molar-refractivity contribution is 5.95. The minimum absolute atomic E-state index is 0.000669. The molecule has 1 N–H and O–H groups in total. The zero-order valence-corrected chi connectivity index (χ0v) is 23.4. The highest BCUT2D eigenvalue weighted by Gasteiger charge is 2.32. The van der Waals surface area contributed by atoms with Crippen molar-refractivity contribution in [2.75, 3.05) is 31.6 Å². The second-order valence-corrected chi connectivity index (χ2v) is 11.6. The summed E-state index contributed by atoms with van der Waals surface area (Å²) in [7, 11) is 1.65. The largest absolute Gasteiger partial charge is 0.371 e. The van der Waals surface area contributed by atoms with Crippen LogP contribution in [0.1, 0.15) is 65.2 Å². The second-order valence-electron chi connectivity index (χ2n) is 11.6. The molecule has 210 valence electrons. The van der Waals surface area contributed by atoms with E-state index in [1.807, 2.05) is 39.9 Å². The van der Waals surface area contributed by atoms with Gasteiger partial charge >= 0.3 is 0 Å². The SMILES string of the molecule is CNC(=O)[C@H]1CCN(c2ccc(-c3cn4cc(C(=O)N5CCc6ccccc6[C@H]5C)cc(C5CC5)c4n3)c(F)c2)C1. The van der Waals surface area contributed by atoms with E-state index in [9.17, 15) is 9.59 Å². The van der Waals surface area contributed by atoms with E-state index in [0.717, 1.165) is 42.6 Å². The molecular formula is C33H34FN5O2. The molecule has 8 heteroatoms. The number of aromatic nitrogens is 2. The lowest BCUT2D eigenvalue weighted by atomic mass is 9.93. The first-order valence-electron chi connectivity index (χ1n) is 14.6. The van der Waals surface area contributed by atoms with Gasteiger partial charge in [0.05, 0.1) is 23.2 Å². The van der Waals surface area contributed by atoms with Crippen LogP contribution in [0.5, 0.6) is 0 Å². The van der Waals surface area contributed by atoms with E-state index < -0.39 is 0 Å². The number of fused-ring (bicyclic) bond motifs is 2. The lowest BCUT2D eigenvalue weighted by molar-refractivity contribution is -0.123. The van der Waals surface area contributed by atoms with Crippen LogP contribution in [-0.4, -0.2) is 52.8 Å². The Morgan fingerprint density at radius 2 is 1.83 bits per heavy atom. The number of carbonyl (C=O) groups is 2. The van der Waals surface area contributed by atoms with Crippen molar-refractivity contribution in [3.8, 4) is 11.3 Å². The average Bonchev–Trinajstić information content (AvgIpc) is 3.55. The molecule has 2 aromatic carbocycles. The van der Waals surface area contributed by atoms with Crippen LogP contribution in [-0.2, 0) is 11.2 Å². The maximum absolute atomic E-state index is 15.5. The minimum Gasteiger partial charge on any atom is -0.371 e. The first-order valence-corrected chi connectivity index (χ1v) is 14.6. The van der Waals surface area contributed by atoms with Gasteiger partial charge in [0, 0.05) is 50.3 Å². The van der Waals surface area contributed by atoms with Gasteiger partial charge in [0.15, 0.2) is 0 Å². The number of nitrogens with one attached hydrogen (secondary N) is 1. The summed E-state index contributed by atoms with van der Waals surface area (Å²) in [6, 6.07) is 15.6. The Balaban J connectivity index is 1.19. The first-order chi connectivity index (χ1) is 19.9. The molecule has 3 aliphatic rings. The van der Waals surface area contributed by atoms with Crippen molar-refractivity contribution in [3.05, 3.63) is 89.0 Å². The highest BCUT2D eigenvalue weighted by atomic mass is 19.1. The van der Waals surface area contributed by atoms with Crippen molar-refractivity contribution in [2.45, 2.75) is 44.6 Å². The van der Waals surface area contributed by atoms with Crippen LogP contribution in [0.3, 0.4) is 0 Å². The van der Waals surface area contributed by atoms with Crippen LogP contribution >= 0.6 is 0 Å². The van der Waals surface area contributed by atoms with E-state index in [4.69, 9.17) is 4.98 Å². The van der Waals surface area contributed by atoms with Crippen molar-refractivity contribution in [3.63, 3.8) is 0 Å². The fourth-order valence-corrected chi connectivity index (χ4v) is 6.60. The van der Waals surface area contributed by atoms with Gasteiger partial charge in [-0.3, -0.25) is 9.59 Å². The number of rotatable bonds is 5. The molecule has 41 heavy (non-hydrogen) atoms. The van der Waals surface area contributed by atoms with Crippen LogP contribution in [0.15, 0.2) is 60.9 Å². The van der Waals surface area contributed by atoms with Crippen LogP contribution < -0.4 is 10.2 Å². The zero-order chi connectivity index (χ0) is 28.2. The molecule has 2 atom stereocenters. The Bertz CT molecular complexity index is 1680. The molecule has 2 amide bonds. The standard InChI is InChI=1S/C33H34FN5O2/c1-20-26-6-4-3-5-21(26)12-14-39(20)33(41)24-15-28(22-7-8-22)31-36-30(19-38(31)18-24)27-10-9-25(16-29(27)34)37-13-11-23(17-37)32(40)35-2/h3-6,9-10,15-16,18-20,22-23H,7-8,11-14,17H2,1-2H3,(H,35,40)/t20-,23+/m1/s1. The Morgan fingerprint density at radius 3 is 2.61 bits per heavy atom. The number of nitrogens with zero attached hydrogens (tertiary/aromatic N) is 4. The summed E-state index contributed by atoms with van der Waals surface area (Å²) in [5, 5.41) is 2.71. The number of halogens is 1. The fourth-order valence-electron chi connectivity index (χ4n) is 6.60. The molecule has 2 aromatic heterocycles. The van der Waals surface area contributed by atoms with E-state index in [1.54, 1.807) is 13.1 Å². The number of pyridine rings is 1. The summed E-state index contributed by atoms with van der Waals surface area (Å²) < 4.78 is 17.4. The van der Waals surface area contributed by atoms with Gasteiger partial charge in [-0.25, -0.2) is 9.37 Å². The van der Waals surface area contributed by atoms with E-state index in [2.05, 4.69) is 35.3 Å².